The Kier molecular flexibility index (Phi) is 4.16. The van der Waals surface area contributed by atoms with E-state index in [2.05, 4.69) is 4.90 Å². The maximum Gasteiger partial charge on any atom is 0.308 e. The molecule has 15 heavy (non-hydrogen) atoms. The number of carboxylic acids is 1. The van der Waals surface area contributed by atoms with Crippen molar-refractivity contribution in [3.8, 4) is 0 Å². The van der Waals surface area contributed by atoms with Gasteiger partial charge in [-0.2, -0.15) is 0 Å². The lowest BCUT2D eigenvalue weighted by Gasteiger charge is -2.24. The summed E-state index contributed by atoms with van der Waals surface area (Å²) in [6, 6.07) is 9.88. The van der Waals surface area contributed by atoms with Crippen molar-refractivity contribution in [1.82, 2.24) is 0 Å². The fourth-order valence-electron chi connectivity index (χ4n) is 1.46. The van der Waals surface area contributed by atoms with Crippen LogP contribution in [0.3, 0.4) is 0 Å². The van der Waals surface area contributed by atoms with Gasteiger partial charge in [-0.25, -0.2) is 0 Å². The first kappa shape index (κ1) is 11.6. The van der Waals surface area contributed by atoms with Crippen LogP contribution in [0.2, 0.25) is 0 Å². The maximum atomic E-state index is 10.8. The number of rotatable bonds is 5. The molecule has 0 fully saturated rings. The average Bonchev–Trinajstić information content (AvgIpc) is 2.26. The molecule has 0 radical (unpaired) electrons. The molecule has 0 bridgehead atoms. The van der Waals surface area contributed by atoms with Crippen LogP contribution >= 0.6 is 0 Å². The van der Waals surface area contributed by atoms with Crippen LogP contribution < -0.4 is 4.90 Å². The van der Waals surface area contributed by atoms with Gasteiger partial charge in [0.25, 0.3) is 0 Å². The van der Waals surface area contributed by atoms with Gasteiger partial charge in [0, 0.05) is 18.8 Å². The van der Waals surface area contributed by atoms with Crippen molar-refractivity contribution in [2.75, 3.05) is 18.0 Å². The first-order valence-electron chi connectivity index (χ1n) is 5.18. The summed E-state index contributed by atoms with van der Waals surface area (Å²) < 4.78 is 0. The van der Waals surface area contributed by atoms with E-state index in [9.17, 15) is 4.79 Å². The van der Waals surface area contributed by atoms with Crippen molar-refractivity contribution in [3.05, 3.63) is 30.3 Å². The topological polar surface area (TPSA) is 40.5 Å². The number of benzene rings is 1. The lowest BCUT2D eigenvalue weighted by Crippen LogP contribution is -2.31. The van der Waals surface area contributed by atoms with Gasteiger partial charge in [-0.1, -0.05) is 25.1 Å². The molecule has 1 unspecified atom stereocenters. The van der Waals surface area contributed by atoms with E-state index in [4.69, 9.17) is 5.11 Å². The van der Waals surface area contributed by atoms with E-state index < -0.39 is 5.97 Å². The number of nitrogens with zero attached hydrogens (tertiary/aromatic N) is 1. The standard InChI is InChI=1S/C12H17NO2/c1-3-13(9-10(2)12(14)15)11-7-5-4-6-8-11/h4-8,10H,3,9H2,1-2H3,(H,14,15). The molecule has 0 spiro atoms. The van der Waals surface area contributed by atoms with E-state index in [0.717, 1.165) is 12.2 Å². The van der Waals surface area contributed by atoms with Gasteiger partial charge in [0.1, 0.15) is 0 Å². The molecule has 0 heterocycles. The highest BCUT2D eigenvalue weighted by atomic mass is 16.4. The van der Waals surface area contributed by atoms with E-state index in [1.165, 1.54) is 0 Å². The number of carbonyl (C=O) groups is 1. The fourth-order valence-corrected chi connectivity index (χ4v) is 1.46. The normalized spacial score (nSPS) is 12.1. The highest BCUT2D eigenvalue weighted by Crippen LogP contribution is 2.14. The molecule has 3 nitrogen and oxygen atoms in total. The molecule has 1 rings (SSSR count). The Morgan fingerprint density at radius 2 is 2.00 bits per heavy atom. The van der Waals surface area contributed by atoms with Crippen molar-refractivity contribution in [3.63, 3.8) is 0 Å². The zero-order chi connectivity index (χ0) is 11.3. The van der Waals surface area contributed by atoms with Crippen molar-refractivity contribution in [1.29, 1.82) is 0 Å². The summed E-state index contributed by atoms with van der Waals surface area (Å²) in [7, 11) is 0. The molecule has 3 heteroatoms. The minimum atomic E-state index is -0.746. The molecule has 82 valence electrons. The molecular formula is C12H17NO2. The molecule has 0 aromatic heterocycles. The molecule has 0 saturated heterocycles. The van der Waals surface area contributed by atoms with Gasteiger partial charge in [0.15, 0.2) is 0 Å². The molecule has 0 aliphatic carbocycles. The van der Waals surface area contributed by atoms with E-state index >= 15 is 0 Å². The lowest BCUT2D eigenvalue weighted by atomic mass is 10.1. The van der Waals surface area contributed by atoms with E-state index in [-0.39, 0.29) is 5.92 Å². The number of carboxylic acid groups (broad SMARTS) is 1. The Bertz CT molecular complexity index is 311. The smallest absolute Gasteiger partial charge is 0.308 e. The predicted molar refractivity (Wildman–Crippen MR) is 61.1 cm³/mol. The zero-order valence-corrected chi connectivity index (χ0v) is 9.18. The van der Waals surface area contributed by atoms with Gasteiger partial charge in [-0.05, 0) is 19.1 Å². The molecule has 0 amide bonds. The summed E-state index contributed by atoms with van der Waals surface area (Å²) in [5.74, 6) is -1.09. The molecule has 0 aliphatic heterocycles. The Morgan fingerprint density at radius 3 is 2.47 bits per heavy atom. The first-order chi connectivity index (χ1) is 7.15. The van der Waals surface area contributed by atoms with E-state index in [1.54, 1.807) is 6.92 Å². The summed E-state index contributed by atoms with van der Waals surface area (Å²) in [6.07, 6.45) is 0. The SMILES string of the molecule is CCN(CC(C)C(=O)O)c1ccccc1. The minimum absolute atomic E-state index is 0.342. The van der Waals surface area contributed by atoms with Crippen LogP contribution in [0, 0.1) is 5.92 Å². The Hall–Kier alpha value is -1.51. The van der Waals surface area contributed by atoms with Gasteiger partial charge in [0.2, 0.25) is 0 Å². The third-order valence-corrected chi connectivity index (χ3v) is 2.42. The number of anilines is 1. The number of hydrogen-bond acceptors (Lipinski definition) is 2. The van der Waals surface area contributed by atoms with Crippen LogP contribution in [-0.4, -0.2) is 24.2 Å². The molecule has 1 N–H and O–H groups in total. The van der Waals surface area contributed by atoms with E-state index in [0.29, 0.717) is 6.54 Å². The summed E-state index contributed by atoms with van der Waals surface area (Å²) in [4.78, 5) is 12.8. The van der Waals surface area contributed by atoms with Crippen LogP contribution in [-0.2, 0) is 4.79 Å². The van der Waals surface area contributed by atoms with Crippen LogP contribution in [0.15, 0.2) is 30.3 Å². The lowest BCUT2D eigenvalue weighted by molar-refractivity contribution is -0.140. The van der Waals surface area contributed by atoms with E-state index in [1.807, 2.05) is 37.3 Å². The summed E-state index contributed by atoms with van der Waals surface area (Å²) in [5, 5.41) is 8.85. The maximum absolute atomic E-state index is 10.8. The van der Waals surface area contributed by atoms with Gasteiger partial charge >= 0.3 is 5.97 Å². The quantitative estimate of drug-likeness (QED) is 0.805. The Labute approximate surface area is 90.3 Å². The molecular weight excluding hydrogens is 190 g/mol. The van der Waals surface area contributed by atoms with Crippen LogP contribution in [0.4, 0.5) is 5.69 Å². The highest BCUT2D eigenvalue weighted by molar-refractivity contribution is 5.70. The molecule has 1 atom stereocenters. The third-order valence-electron chi connectivity index (χ3n) is 2.42. The fraction of sp³-hybridized carbons (Fsp3) is 0.417. The third kappa shape index (κ3) is 3.27. The van der Waals surface area contributed by atoms with Crippen LogP contribution in [0.1, 0.15) is 13.8 Å². The molecule has 0 aliphatic rings. The summed E-state index contributed by atoms with van der Waals surface area (Å²) in [6.45, 7) is 5.13. The second-order valence-electron chi connectivity index (χ2n) is 3.61. The van der Waals surface area contributed by atoms with Crippen molar-refractivity contribution in [2.24, 2.45) is 5.92 Å². The largest absolute Gasteiger partial charge is 0.481 e. The van der Waals surface area contributed by atoms with Gasteiger partial charge in [-0.15, -0.1) is 0 Å². The second-order valence-corrected chi connectivity index (χ2v) is 3.61. The monoisotopic (exact) mass is 207 g/mol. The average molecular weight is 207 g/mol. The molecule has 1 aromatic rings. The number of hydrogen-bond donors (Lipinski definition) is 1. The van der Waals surface area contributed by atoms with Gasteiger partial charge < -0.3 is 10.0 Å². The summed E-state index contributed by atoms with van der Waals surface area (Å²) in [5.41, 5.74) is 1.08. The molecule has 1 aromatic carbocycles. The summed E-state index contributed by atoms with van der Waals surface area (Å²) >= 11 is 0. The first-order valence-corrected chi connectivity index (χ1v) is 5.18. The van der Waals surface area contributed by atoms with Crippen molar-refractivity contribution < 1.29 is 9.90 Å². The predicted octanol–water partition coefficient (Wildman–Crippen LogP) is 2.23. The van der Waals surface area contributed by atoms with Crippen LogP contribution in [0.25, 0.3) is 0 Å². The molecule has 0 saturated carbocycles. The number of aliphatic carboxylic acids is 1. The number of para-hydroxylation sites is 1. The Morgan fingerprint density at radius 1 is 1.40 bits per heavy atom. The zero-order valence-electron chi connectivity index (χ0n) is 9.18. The second kappa shape index (κ2) is 5.39. The van der Waals surface area contributed by atoms with Crippen LogP contribution in [0.5, 0.6) is 0 Å². The minimum Gasteiger partial charge on any atom is -0.481 e. The highest BCUT2D eigenvalue weighted by Gasteiger charge is 2.14. The van der Waals surface area contributed by atoms with Gasteiger partial charge in [0.05, 0.1) is 5.92 Å². The Balaban J connectivity index is 2.69. The van der Waals surface area contributed by atoms with Gasteiger partial charge in [-0.3, -0.25) is 4.79 Å². The van der Waals surface area contributed by atoms with Crippen molar-refractivity contribution in [2.45, 2.75) is 13.8 Å². The van der Waals surface area contributed by atoms with Crippen molar-refractivity contribution >= 4 is 11.7 Å².